The van der Waals surface area contributed by atoms with Gasteiger partial charge in [-0.15, -0.1) is 0 Å². The first-order valence-electron chi connectivity index (χ1n) is 7.04. The summed E-state index contributed by atoms with van der Waals surface area (Å²) >= 11 is 0. The molecule has 0 radical (unpaired) electrons. The van der Waals surface area contributed by atoms with Crippen molar-refractivity contribution in [1.82, 2.24) is 4.90 Å². The molecule has 0 spiro atoms. The third-order valence-electron chi connectivity index (χ3n) is 4.99. The molecule has 0 amide bonds. The zero-order valence-electron chi connectivity index (χ0n) is 11.3. The molecule has 0 saturated heterocycles. The van der Waals surface area contributed by atoms with E-state index in [2.05, 4.69) is 25.7 Å². The second-order valence-corrected chi connectivity index (χ2v) is 6.40. The molecule has 2 heteroatoms. The Morgan fingerprint density at radius 3 is 2.31 bits per heavy atom. The van der Waals surface area contributed by atoms with Gasteiger partial charge in [0, 0.05) is 18.1 Å². The predicted molar refractivity (Wildman–Crippen MR) is 69.4 cm³/mol. The van der Waals surface area contributed by atoms with Crippen LogP contribution in [0.1, 0.15) is 59.3 Å². The number of nitrogens with zero attached hydrogens (tertiary/aromatic N) is 1. The van der Waals surface area contributed by atoms with Crippen LogP contribution < -0.4 is 5.73 Å². The van der Waals surface area contributed by atoms with Crippen LogP contribution in [0.2, 0.25) is 0 Å². The van der Waals surface area contributed by atoms with E-state index in [1.807, 2.05) is 0 Å². The van der Waals surface area contributed by atoms with Gasteiger partial charge in [-0.25, -0.2) is 0 Å². The highest BCUT2D eigenvalue weighted by Crippen LogP contribution is 2.52. The molecule has 1 atom stereocenters. The Labute approximate surface area is 101 Å². The first kappa shape index (κ1) is 12.4. The Kier molecular flexibility index (Phi) is 3.33. The monoisotopic (exact) mass is 224 g/mol. The first-order chi connectivity index (χ1) is 7.57. The summed E-state index contributed by atoms with van der Waals surface area (Å²) in [7, 11) is 0. The standard InChI is InChI=1S/C14H28N2/c1-4-10-16(12-6-7-12)14(11-15)9-5-8-13(14,2)3/h12H,4-11,15H2,1-3H3. The van der Waals surface area contributed by atoms with Crippen molar-refractivity contribution >= 4 is 0 Å². The highest BCUT2D eigenvalue weighted by atomic mass is 15.3. The van der Waals surface area contributed by atoms with Crippen molar-refractivity contribution in [2.45, 2.75) is 70.9 Å². The van der Waals surface area contributed by atoms with Crippen LogP contribution in [-0.2, 0) is 0 Å². The minimum absolute atomic E-state index is 0.296. The molecular formula is C14H28N2. The van der Waals surface area contributed by atoms with Gasteiger partial charge in [-0.1, -0.05) is 27.2 Å². The van der Waals surface area contributed by atoms with Crippen molar-refractivity contribution in [3.63, 3.8) is 0 Å². The Hall–Kier alpha value is -0.0800. The van der Waals surface area contributed by atoms with E-state index in [1.54, 1.807) is 0 Å². The number of hydrogen-bond donors (Lipinski definition) is 1. The van der Waals surface area contributed by atoms with Crippen molar-refractivity contribution in [2.24, 2.45) is 11.1 Å². The highest BCUT2D eigenvalue weighted by molar-refractivity contribution is 5.10. The molecule has 0 aromatic rings. The van der Waals surface area contributed by atoms with Gasteiger partial charge in [-0.05, 0) is 44.1 Å². The molecule has 2 aliphatic carbocycles. The average Bonchev–Trinajstić information content (AvgIpc) is 3.01. The van der Waals surface area contributed by atoms with E-state index in [1.165, 1.54) is 45.1 Å². The summed E-state index contributed by atoms with van der Waals surface area (Å²) in [6.07, 6.45) is 8.07. The average molecular weight is 224 g/mol. The van der Waals surface area contributed by atoms with Crippen molar-refractivity contribution in [1.29, 1.82) is 0 Å². The molecule has 2 nitrogen and oxygen atoms in total. The third kappa shape index (κ3) is 1.80. The van der Waals surface area contributed by atoms with Gasteiger partial charge in [0.15, 0.2) is 0 Å². The quantitative estimate of drug-likeness (QED) is 0.778. The molecule has 0 heterocycles. The van der Waals surface area contributed by atoms with E-state index in [4.69, 9.17) is 5.73 Å². The molecule has 2 saturated carbocycles. The van der Waals surface area contributed by atoms with E-state index in [-0.39, 0.29) is 0 Å². The number of nitrogens with two attached hydrogens (primary N) is 1. The molecule has 1 unspecified atom stereocenters. The lowest BCUT2D eigenvalue weighted by Gasteiger charge is -2.50. The maximum atomic E-state index is 6.20. The minimum Gasteiger partial charge on any atom is -0.329 e. The van der Waals surface area contributed by atoms with E-state index in [0.29, 0.717) is 11.0 Å². The fourth-order valence-corrected chi connectivity index (χ4v) is 3.80. The highest BCUT2D eigenvalue weighted by Gasteiger charge is 2.54. The second kappa shape index (κ2) is 4.30. The zero-order valence-corrected chi connectivity index (χ0v) is 11.3. The molecule has 2 rings (SSSR count). The molecule has 2 N–H and O–H groups in total. The Morgan fingerprint density at radius 1 is 1.25 bits per heavy atom. The summed E-state index contributed by atoms with van der Waals surface area (Å²) in [5.74, 6) is 0. The summed E-state index contributed by atoms with van der Waals surface area (Å²) in [6, 6.07) is 0.848. The normalized spacial score (nSPS) is 33.6. The number of rotatable bonds is 5. The van der Waals surface area contributed by atoms with Gasteiger partial charge in [-0.2, -0.15) is 0 Å². The summed E-state index contributed by atoms with van der Waals surface area (Å²) in [5, 5.41) is 0. The summed E-state index contributed by atoms with van der Waals surface area (Å²) in [5.41, 5.74) is 6.90. The van der Waals surface area contributed by atoms with Crippen LogP contribution in [0.4, 0.5) is 0 Å². The maximum absolute atomic E-state index is 6.20. The van der Waals surface area contributed by atoms with Crippen molar-refractivity contribution in [2.75, 3.05) is 13.1 Å². The van der Waals surface area contributed by atoms with E-state index < -0.39 is 0 Å². The van der Waals surface area contributed by atoms with Crippen LogP contribution in [0, 0.1) is 5.41 Å². The number of hydrogen-bond acceptors (Lipinski definition) is 2. The lowest BCUT2D eigenvalue weighted by atomic mass is 9.73. The van der Waals surface area contributed by atoms with Gasteiger partial charge in [-0.3, -0.25) is 4.90 Å². The Balaban J connectivity index is 2.23. The maximum Gasteiger partial charge on any atom is 0.0385 e. The topological polar surface area (TPSA) is 29.3 Å². The van der Waals surface area contributed by atoms with Crippen molar-refractivity contribution in [3.05, 3.63) is 0 Å². The van der Waals surface area contributed by atoms with Crippen LogP contribution in [0.15, 0.2) is 0 Å². The van der Waals surface area contributed by atoms with Gasteiger partial charge in [0.05, 0.1) is 0 Å². The van der Waals surface area contributed by atoms with Gasteiger partial charge < -0.3 is 5.73 Å². The molecule has 2 fully saturated rings. The fraction of sp³-hybridized carbons (Fsp3) is 1.00. The van der Waals surface area contributed by atoms with Gasteiger partial charge in [0.2, 0.25) is 0 Å². The third-order valence-corrected chi connectivity index (χ3v) is 4.99. The SMILES string of the molecule is CCCN(C1CC1)C1(CN)CCCC1(C)C. The Bertz CT molecular complexity index is 245. The zero-order chi connectivity index (χ0) is 11.8. The molecule has 16 heavy (non-hydrogen) atoms. The van der Waals surface area contributed by atoms with Crippen LogP contribution in [0.25, 0.3) is 0 Å². The lowest BCUT2D eigenvalue weighted by molar-refractivity contribution is 0.00579. The molecule has 0 aromatic heterocycles. The Morgan fingerprint density at radius 2 is 1.94 bits per heavy atom. The van der Waals surface area contributed by atoms with Crippen molar-refractivity contribution in [3.8, 4) is 0 Å². The second-order valence-electron chi connectivity index (χ2n) is 6.40. The fourth-order valence-electron chi connectivity index (χ4n) is 3.80. The van der Waals surface area contributed by atoms with Crippen LogP contribution in [-0.4, -0.2) is 29.6 Å². The van der Waals surface area contributed by atoms with Crippen molar-refractivity contribution < 1.29 is 0 Å². The predicted octanol–water partition coefficient (Wildman–Crippen LogP) is 2.77. The van der Waals surface area contributed by atoms with Crippen LogP contribution >= 0.6 is 0 Å². The smallest absolute Gasteiger partial charge is 0.0385 e. The molecule has 0 aromatic carbocycles. The summed E-state index contributed by atoms with van der Waals surface area (Å²) in [6.45, 7) is 9.24. The van der Waals surface area contributed by atoms with E-state index >= 15 is 0 Å². The van der Waals surface area contributed by atoms with Gasteiger partial charge in [0.25, 0.3) is 0 Å². The van der Waals surface area contributed by atoms with E-state index in [9.17, 15) is 0 Å². The van der Waals surface area contributed by atoms with Gasteiger partial charge >= 0.3 is 0 Å². The molecule has 0 aliphatic heterocycles. The van der Waals surface area contributed by atoms with Gasteiger partial charge in [0.1, 0.15) is 0 Å². The lowest BCUT2D eigenvalue weighted by Crippen LogP contribution is -2.60. The molecule has 94 valence electrons. The largest absolute Gasteiger partial charge is 0.329 e. The van der Waals surface area contributed by atoms with Crippen LogP contribution in [0.5, 0.6) is 0 Å². The molecule has 0 bridgehead atoms. The first-order valence-corrected chi connectivity index (χ1v) is 7.04. The molecular weight excluding hydrogens is 196 g/mol. The van der Waals surface area contributed by atoms with E-state index in [0.717, 1.165) is 12.6 Å². The van der Waals surface area contributed by atoms with Crippen LogP contribution in [0.3, 0.4) is 0 Å². The summed E-state index contributed by atoms with van der Waals surface area (Å²) in [4.78, 5) is 2.78. The summed E-state index contributed by atoms with van der Waals surface area (Å²) < 4.78 is 0. The molecule has 2 aliphatic rings. The minimum atomic E-state index is 0.296.